The summed E-state index contributed by atoms with van der Waals surface area (Å²) >= 11 is 0. The number of aliphatic carboxylic acids is 3. The highest BCUT2D eigenvalue weighted by atomic mass is 16.4. The van der Waals surface area contributed by atoms with Gasteiger partial charge in [-0.3, -0.25) is 4.48 Å². The van der Waals surface area contributed by atoms with Gasteiger partial charge in [-0.25, -0.2) is 14.4 Å². The van der Waals surface area contributed by atoms with E-state index in [1.165, 1.54) is 25.7 Å². The number of carboxylic acids is 3. The van der Waals surface area contributed by atoms with Gasteiger partial charge in [0, 0.05) is 19.3 Å². The highest BCUT2D eigenvalue weighted by molar-refractivity contribution is 5.78. The Kier molecular flexibility index (Phi) is 14.9. The SMILES string of the molecule is CCCCCC/C=C/CCCC[N+](C(CC)C(=O)O)(C(CC)C(=O)O)C(CC)C(=O)O. The molecule has 0 radical (unpaired) electrons. The molecule has 0 saturated heterocycles. The molecule has 3 N–H and O–H groups in total. The zero-order valence-corrected chi connectivity index (χ0v) is 19.9. The molecule has 0 amide bonds. The zero-order valence-electron chi connectivity index (χ0n) is 19.9. The number of carboxylic acid groups (broad SMARTS) is 3. The van der Waals surface area contributed by atoms with Gasteiger partial charge in [-0.2, -0.15) is 0 Å². The number of carbonyl (C=O) groups is 3. The number of rotatable bonds is 19. The van der Waals surface area contributed by atoms with Crippen molar-refractivity contribution in [3.05, 3.63) is 12.2 Å². The van der Waals surface area contributed by atoms with Crippen molar-refractivity contribution in [2.24, 2.45) is 0 Å². The maximum atomic E-state index is 12.1. The largest absolute Gasteiger partial charge is 0.477 e. The van der Waals surface area contributed by atoms with E-state index in [4.69, 9.17) is 0 Å². The van der Waals surface area contributed by atoms with E-state index in [2.05, 4.69) is 19.1 Å². The quantitative estimate of drug-likeness (QED) is 0.146. The average Bonchev–Trinajstić information content (AvgIpc) is 2.69. The Morgan fingerprint density at radius 1 is 0.645 bits per heavy atom. The van der Waals surface area contributed by atoms with Crippen molar-refractivity contribution in [3.63, 3.8) is 0 Å². The first kappa shape index (κ1) is 29.1. The molecule has 180 valence electrons. The summed E-state index contributed by atoms with van der Waals surface area (Å²) in [5.74, 6) is -3.39. The first-order valence-corrected chi connectivity index (χ1v) is 11.9. The lowest BCUT2D eigenvalue weighted by atomic mass is 9.94. The van der Waals surface area contributed by atoms with Crippen LogP contribution in [0.5, 0.6) is 0 Å². The van der Waals surface area contributed by atoms with E-state index < -0.39 is 40.5 Å². The number of nitrogens with zero attached hydrogens (tertiary/aromatic N) is 1. The number of quaternary nitrogens is 1. The number of allylic oxidation sites excluding steroid dienone is 2. The molecule has 0 aliphatic rings. The minimum atomic E-state index is -1.13. The molecule has 3 atom stereocenters. The van der Waals surface area contributed by atoms with Gasteiger partial charge in [0.05, 0.1) is 6.54 Å². The second-order valence-corrected chi connectivity index (χ2v) is 8.32. The van der Waals surface area contributed by atoms with Gasteiger partial charge in [0.25, 0.3) is 0 Å². The van der Waals surface area contributed by atoms with E-state index in [0.29, 0.717) is 6.42 Å². The smallest absolute Gasteiger partial charge is 0.362 e. The molecule has 0 heterocycles. The maximum absolute atomic E-state index is 12.1. The molecular weight excluding hydrogens is 398 g/mol. The Labute approximate surface area is 187 Å². The van der Waals surface area contributed by atoms with Crippen LogP contribution < -0.4 is 0 Å². The third-order valence-corrected chi connectivity index (χ3v) is 6.31. The predicted octanol–water partition coefficient (Wildman–Crippen LogP) is 5.09. The number of unbranched alkanes of at least 4 members (excludes halogenated alkanes) is 6. The summed E-state index contributed by atoms with van der Waals surface area (Å²) in [6.45, 7) is 7.48. The summed E-state index contributed by atoms with van der Waals surface area (Å²) < 4.78 is -0.426. The average molecular weight is 443 g/mol. The van der Waals surface area contributed by atoms with E-state index in [1.54, 1.807) is 20.8 Å². The van der Waals surface area contributed by atoms with E-state index >= 15 is 0 Å². The molecule has 0 fully saturated rings. The second-order valence-electron chi connectivity index (χ2n) is 8.32. The molecule has 0 rings (SSSR count). The Hall–Kier alpha value is -1.89. The minimum Gasteiger partial charge on any atom is -0.477 e. The van der Waals surface area contributed by atoms with Crippen LogP contribution in [0.1, 0.15) is 98.3 Å². The van der Waals surface area contributed by atoms with Crippen molar-refractivity contribution in [2.45, 2.75) is 116 Å². The molecule has 0 saturated carbocycles. The van der Waals surface area contributed by atoms with Gasteiger partial charge in [0.2, 0.25) is 0 Å². The fraction of sp³-hybridized carbons (Fsp3) is 0.792. The van der Waals surface area contributed by atoms with Crippen LogP contribution in [0.15, 0.2) is 12.2 Å². The van der Waals surface area contributed by atoms with Gasteiger partial charge in [-0.05, 0) is 32.1 Å². The van der Waals surface area contributed by atoms with Gasteiger partial charge < -0.3 is 15.3 Å². The van der Waals surface area contributed by atoms with E-state index in [-0.39, 0.29) is 25.8 Å². The van der Waals surface area contributed by atoms with Crippen molar-refractivity contribution in [2.75, 3.05) is 6.54 Å². The maximum Gasteiger partial charge on any atom is 0.362 e. The van der Waals surface area contributed by atoms with Crippen LogP contribution in [0.2, 0.25) is 0 Å². The standard InChI is InChI=1S/C24H43NO6/c1-5-9-10-11-12-13-14-15-16-17-18-25(19(6-2)22(26)27,20(7-3)23(28)29)21(8-4)24(30)31/h13-14,19-21H,5-12,15-18H2,1-4H3,(H2-,26,27,28,29,30,31)/p+1/b14-13+. The summed E-state index contributed by atoms with van der Waals surface area (Å²) in [5, 5.41) is 29.7. The van der Waals surface area contributed by atoms with Crippen LogP contribution in [-0.2, 0) is 14.4 Å². The Morgan fingerprint density at radius 3 is 1.35 bits per heavy atom. The molecule has 0 aliphatic heterocycles. The van der Waals surface area contributed by atoms with E-state index in [1.807, 2.05) is 0 Å². The molecule has 0 aliphatic carbocycles. The van der Waals surface area contributed by atoms with E-state index in [0.717, 1.165) is 19.3 Å². The van der Waals surface area contributed by atoms with Crippen LogP contribution in [0.4, 0.5) is 0 Å². The minimum absolute atomic E-state index is 0.181. The number of hydrogen-bond donors (Lipinski definition) is 3. The molecule has 7 heteroatoms. The summed E-state index contributed by atoms with van der Waals surface area (Å²) in [4.78, 5) is 36.4. The molecule has 31 heavy (non-hydrogen) atoms. The van der Waals surface area contributed by atoms with Crippen LogP contribution in [-0.4, -0.2) is 62.4 Å². The lowest BCUT2D eigenvalue weighted by molar-refractivity contribution is -0.973. The summed E-state index contributed by atoms with van der Waals surface area (Å²) in [6.07, 6.45) is 12.9. The third kappa shape index (κ3) is 8.63. The lowest BCUT2D eigenvalue weighted by Crippen LogP contribution is -2.72. The van der Waals surface area contributed by atoms with Crippen molar-refractivity contribution < 1.29 is 34.2 Å². The molecule has 0 bridgehead atoms. The Morgan fingerprint density at radius 2 is 1.03 bits per heavy atom. The van der Waals surface area contributed by atoms with Gasteiger partial charge in [0.15, 0.2) is 18.1 Å². The van der Waals surface area contributed by atoms with Crippen molar-refractivity contribution >= 4 is 17.9 Å². The fourth-order valence-corrected chi connectivity index (χ4v) is 4.85. The molecule has 0 aromatic heterocycles. The molecule has 3 unspecified atom stereocenters. The highest BCUT2D eigenvalue weighted by Crippen LogP contribution is 2.32. The van der Waals surface area contributed by atoms with Gasteiger partial charge >= 0.3 is 17.9 Å². The molecule has 0 spiro atoms. The Balaban J connectivity index is 5.56. The van der Waals surface area contributed by atoms with Crippen LogP contribution >= 0.6 is 0 Å². The predicted molar refractivity (Wildman–Crippen MR) is 122 cm³/mol. The van der Waals surface area contributed by atoms with Gasteiger partial charge in [0.1, 0.15) is 0 Å². The van der Waals surface area contributed by atoms with Gasteiger partial charge in [-0.1, -0.05) is 59.1 Å². The summed E-state index contributed by atoms with van der Waals surface area (Å²) in [6, 6.07) is -3.22. The van der Waals surface area contributed by atoms with Crippen molar-refractivity contribution in [3.8, 4) is 0 Å². The second kappa shape index (κ2) is 15.8. The topological polar surface area (TPSA) is 112 Å². The Bertz CT molecular complexity index is 519. The van der Waals surface area contributed by atoms with Crippen LogP contribution in [0, 0.1) is 0 Å². The van der Waals surface area contributed by atoms with Crippen molar-refractivity contribution in [1.29, 1.82) is 0 Å². The highest BCUT2D eigenvalue weighted by Gasteiger charge is 2.55. The summed E-state index contributed by atoms with van der Waals surface area (Å²) in [5.41, 5.74) is 0. The first-order chi connectivity index (χ1) is 14.7. The molecule has 0 aromatic carbocycles. The zero-order chi connectivity index (χ0) is 23.9. The molecule has 7 nitrogen and oxygen atoms in total. The first-order valence-electron chi connectivity index (χ1n) is 11.9. The van der Waals surface area contributed by atoms with Crippen LogP contribution in [0.25, 0.3) is 0 Å². The third-order valence-electron chi connectivity index (χ3n) is 6.31. The van der Waals surface area contributed by atoms with E-state index in [9.17, 15) is 29.7 Å². The van der Waals surface area contributed by atoms with Crippen molar-refractivity contribution in [1.82, 2.24) is 0 Å². The van der Waals surface area contributed by atoms with Crippen LogP contribution in [0.3, 0.4) is 0 Å². The summed E-state index contributed by atoms with van der Waals surface area (Å²) in [7, 11) is 0. The fourth-order valence-electron chi connectivity index (χ4n) is 4.85. The normalized spacial score (nSPS) is 16.5. The molecule has 0 aromatic rings. The molecular formula is C24H44NO6+. The number of hydrogen-bond acceptors (Lipinski definition) is 3. The lowest BCUT2D eigenvalue weighted by Gasteiger charge is -2.49. The monoisotopic (exact) mass is 442 g/mol. The van der Waals surface area contributed by atoms with Gasteiger partial charge in [-0.15, -0.1) is 0 Å².